The average Bonchev–Trinajstić information content (AvgIpc) is 3.45. The Morgan fingerprint density at radius 1 is 1.04 bits per heavy atom. The van der Waals surface area contributed by atoms with Crippen LogP contribution in [-0.4, -0.2) is 84.3 Å². The fraction of sp³-hybridized carbons (Fsp3) is 0.412. The van der Waals surface area contributed by atoms with Gasteiger partial charge >= 0.3 is 5.97 Å². The third-order valence-corrected chi connectivity index (χ3v) is 9.11. The first-order valence-corrected chi connectivity index (χ1v) is 15.2. The number of aliphatic hydroxyl groups excluding tert-OH is 1. The molecule has 4 heterocycles. The number of rotatable bonds is 5. The van der Waals surface area contributed by atoms with E-state index < -0.39 is 66.1 Å². The maximum absolute atomic E-state index is 14.5. The SMILES string of the molecule is COc1ccc(N2CC=C[C@]34O[C@@H]5/C=C\CCC(=O)NC[C@@H](c6ccccc6)OC(=O)[C@@H]5[C@H]3C(=O)N([C@H](C)CO)[C@@H]4C2=O)cc1. The van der Waals surface area contributed by atoms with Crippen molar-refractivity contribution < 1.29 is 38.5 Å². The summed E-state index contributed by atoms with van der Waals surface area (Å²) in [5, 5.41) is 13.1. The lowest BCUT2D eigenvalue weighted by molar-refractivity contribution is -0.160. The minimum absolute atomic E-state index is 0.0613. The Hall–Kier alpha value is -4.48. The summed E-state index contributed by atoms with van der Waals surface area (Å²) in [5.41, 5.74) is -0.218. The maximum atomic E-state index is 14.5. The number of esters is 1. The highest BCUT2D eigenvalue weighted by Crippen LogP contribution is 2.54. The molecule has 236 valence electrons. The average molecular weight is 616 g/mol. The number of benzene rings is 2. The van der Waals surface area contributed by atoms with E-state index in [2.05, 4.69) is 5.32 Å². The van der Waals surface area contributed by atoms with Gasteiger partial charge in [-0.1, -0.05) is 54.6 Å². The van der Waals surface area contributed by atoms with Gasteiger partial charge in [-0.15, -0.1) is 0 Å². The van der Waals surface area contributed by atoms with Gasteiger partial charge in [0.25, 0.3) is 5.91 Å². The van der Waals surface area contributed by atoms with Crippen molar-refractivity contribution in [2.45, 2.75) is 49.7 Å². The molecule has 11 heteroatoms. The van der Waals surface area contributed by atoms with Gasteiger partial charge < -0.3 is 34.4 Å². The Morgan fingerprint density at radius 3 is 2.51 bits per heavy atom. The van der Waals surface area contributed by atoms with Crippen LogP contribution < -0.4 is 15.0 Å². The normalized spacial score (nSPS) is 31.4. The number of carbonyl (C=O) groups is 4. The smallest absolute Gasteiger partial charge is 0.313 e. The molecule has 0 unspecified atom stereocenters. The van der Waals surface area contributed by atoms with Crippen LogP contribution in [0.2, 0.25) is 0 Å². The van der Waals surface area contributed by atoms with E-state index in [1.54, 1.807) is 67.5 Å². The fourth-order valence-corrected chi connectivity index (χ4v) is 6.90. The third kappa shape index (κ3) is 5.40. The topological polar surface area (TPSA) is 135 Å². The monoisotopic (exact) mass is 615 g/mol. The van der Waals surface area contributed by atoms with Crippen molar-refractivity contribution in [3.05, 3.63) is 84.5 Å². The molecule has 6 rings (SSSR count). The van der Waals surface area contributed by atoms with Gasteiger partial charge in [-0.25, -0.2) is 0 Å². The Morgan fingerprint density at radius 2 is 1.80 bits per heavy atom. The quantitative estimate of drug-likeness (QED) is 0.387. The molecular weight excluding hydrogens is 578 g/mol. The second-order valence-corrected chi connectivity index (χ2v) is 11.8. The Kier molecular flexibility index (Phi) is 8.48. The van der Waals surface area contributed by atoms with Crippen LogP contribution in [0.1, 0.15) is 31.4 Å². The Balaban J connectivity index is 1.43. The number of aliphatic hydroxyl groups is 1. The number of hydrogen-bond donors (Lipinski definition) is 2. The van der Waals surface area contributed by atoms with Crippen molar-refractivity contribution >= 4 is 29.4 Å². The molecule has 2 aromatic rings. The molecule has 7 atom stereocenters. The highest BCUT2D eigenvalue weighted by molar-refractivity contribution is 6.05. The largest absolute Gasteiger partial charge is 0.497 e. The van der Waals surface area contributed by atoms with Crippen molar-refractivity contribution in [3.8, 4) is 5.75 Å². The number of ether oxygens (including phenoxy) is 3. The second-order valence-electron chi connectivity index (χ2n) is 11.8. The van der Waals surface area contributed by atoms with E-state index in [9.17, 15) is 24.3 Å². The molecule has 4 aliphatic rings. The molecule has 0 bridgehead atoms. The number of amides is 3. The van der Waals surface area contributed by atoms with E-state index in [0.29, 0.717) is 23.4 Å². The van der Waals surface area contributed by atoms with Crippen LogP contribution in [0.5, 0.6) is 5.75 Å². The molecule has 4 aliphatic heterocycles. The van der Waals surface area contributed by atoms with Crippen LogP contribution in [0.15, 0.2) is 78.9 Å². The number of fused-ring (bicyclic) bond motifs is 2. The van der Waals surface area contributed by atoms with Gasteiger partial charge in [-0.3, -0.25) is 19.2 Å². The summed E-state index contributed by atoms with van der Waals surface area (Å²) in [6.45, 7) is 1.54. The van der Waals surface area contributed by atoms with Crippen LogP contribution in [-0.2, 0) is 28.7 Å². The summed E-state index contributed by atoms with van der Waals surface area (Å²) in [6.07, 6.45) is 5.88. The summed E-state index contributed by atoms with van der Waals surface area (Å²) in [7, 11) is 1.56. The molecule has 2 N–H and O–H groups in total. The van der Waals surface area contributed by atoms with Gasteiger partial charge in [0.1, 0.15) is 29.4 Å². The second kappa shape index (κ2) is 12.5. The number of nitrogens with zero attached hydrogens (tertiary/aromatic N) is 2. The molecule has 45 heavy (non-hydrogen) atoms. The first-order valence-electron chi connectivity index (χ1n) is 15.2. The maximum Gasteiger partial charge on any atom is 0.313 e. The summed E-state index contributed by atoms with van der Waals surface area (Å²) < 4.78 is 18.1. The standard InChI is InChI=1S/C34H37N3O8/c1-21(20-38)37-30-32(41)36(23-13-15-24(43-2)16-14-23)18-8-17-34(30)29(31(37)40)28-25(45-34)11-6-7-12-27(39)35-19-26(44-33(28)42)22-9-4-3-5-10-22/h3-6,8-11,13-17,21,25-26,28-30,38H,7,12,18-20H2,1-2H3,(H,35,39)/b11-6-/t21-,25-,26+,28+,29+,30-,34+/m1/s1. The molecule has 0 aromatic heterocycles. The van der Waals surface area contributed by atoms with Gasteiger partial charge in [0.15, 0.2) is 0 Å². The van der Waals surface area contributed by atoms with Crippen molar-refractivity contribution in [2.24, 2.45) is 11.8 Å². The number of methoxy groups -OCH3 is 1. The van der Waals surface area contributed by atoms with Crippen LogP contribution in [0, 0.1) is 11.8 Å². The predicted octanol–water partition coefficient (Wildman–Crippen LogP) is 2.31. The highest BCUT2D eigenvalue weighted by Gasteiger charge is 2.72. The summed E-state index contributed by atoms with van der Waals surface area (Å²) in [6, 6.07) is 14.2. The molecule has 11 nitrogen and oxygen atoms in total. The minimum atomic E-state index is -1.51. The summed E-state index contributed by atoms with van der Waals surface area (Å²) in [4.78, 5) is 58.6. The number of carbonyl (C=O) groups excluding carboxylic acids is 4. The van der Waals surface area contributed by atoms with Gasteiger partial charge in [0.05, 0.1) is 38.3 Å². The third-order valence-electron chi connectivity index (χ3n) is 9.11. The number of cyclic esters (lactones) is 1. The van der Waals surface area contributed by atoms with E-state index in [-0.39, 0.29) is 25.4 Å². The van der Waals surface area contributed by atoms with Crippen LogP contribution in [0.25, 0.3) is 0 Å². The van der Waals surface area contributed by atoms with Crippen molar-refractivity contribution in [3.63, 3.8) is 0 Å². The summed E-state index contributed by atoms with van der Waals surface area (Å²) in [5.74, 6) is -3.26. The number of hydrogen-bond acceptors (Lipinski definition) is 8. The first kappa shape index (κ1) is 30.5. The van der Waals surface area contributed by atoms with Gasteiger partial charge in [-0.2, -0.15) is 0 Å². The molecule has 0 aliphatic carbocycles. The zero-order valence-corrected chi connectivity index (χ0v) is 25.2. The molecular formula is C34H37N3O8. The van der Waals surface area contributed by atoms with Crippen molar-refractivity contribution in [1.82, 2.24) is 10.2 Å². The van der Waals surface area contributed by atoms with E-state index in [4.69, 9.17) is 14.2 Å². The minimum Gasteiger partial charge on any atom is -0.497 e. The predicted molar refractivity (Wildman–Crippen MR) is 163 cm³/mol. The number of nitrogens with one attached hydrogen (secondary N) is 1. The lowest BCUT2D eigenvalue weighted by Crippen LogP contribution is -2.57. The van der Waals surface area contributed by atoms with E-state index in [1.165, 1.54) is 4.90 Å². The van der Waals surface area contributed by atoms with Gasteiger partial charge in [0.2, 0.25) is 11.8 Å². The van der Waals surface area contributed by atoms with Crippen molar-refractivity contribution in [1.29, 1.82) is 0 Å². The number of likely N-dealkylation sites (tertiary alicyclic amines) is 1. The molecule has 3 amide bonds. The molecule has 2 fully saturated rings. The molecule has 2 aromatic carbocycles. The Labute approximate surface area is 261 Å². The first-order chi connectivity index (χ1) is 21.8. The molecule has 1 spiro atoms. The number of anilines is 1. The van der Waals surface area contributed by atoms with E-state index in [0.717, 1.165) is 0 Å². The van der Waals surface area contributed by atoms with Gasteiger partial charge in [-0.05, 0) is 43.2 Å². The number of allylic oxidation sites excluding steroid dienone is 1. The zero-order chi connectivity index (χ0) is 31.7. The summed E-state index contributed by atoms with van der Waals surface area (Å²) >= 11 is 0. The Bertz CT molecular complexity index is 1510. The van der Waals surface area contributed by atoms with Crippen LogP contribution in [0.3, 0.4) is 0 Å². The molecule has 0 saturated carbocycles. The van der Waals surface area contributed by atoms with Crippen LogP contribution >= 0.6 is 0 Å². The van der Waals surface area contributed by atoms with Gasteiger partial charge in [0, 0.05) is 18.7 Å². The highest BCUT2D eigenvalue weighted by atomic mass is 16.6. The molecule has 0 radical (unpaired) electrons. The van der Waals surface area contributed by atoms with E-state index in [1.807, 2.05) is 30.3 Å². The molecule has 2 saturated heterocycles. The van der Waals surface area contributed by atoms with Crippen LogP contribution in [0.4, 0.5) is 5.69 Å². The van der Waals surface area contributed by atoms with Crippen molar-refractivity contribution in [2.75, 3.05) is 31.7 Å². The lowest BCUT2D eigenvalue weighted by Gasteiger charge is -2.37. The zero-order valence-electron chi connectivity index (χ0n) is 25.2. The fourth-order valence-electron chi connectivity index (χ4n) is 6.90. The lowest BCUT2D eigenvalue weighted by atomic mass is 9.78. The van der Waals surface area contributed by atoms with E-state index >= 15 is 0 Å².